The number of nitrogen functional groups attached to an aromatic ring is 1. The van der Waals surface area contributed by atoms with Crippen LogP contribution in [0.15, 0.2) is 22.7 Å². The van der Waals surface area contributed by atoms with Gasteiger partial charge in [-0.2, -0.15) is 0 Å². The molecule has 4 nitrogen and oxygen atoms in total. The molecule has 0 spiro atoms. The van der Waals surface area contributed by atoms with Crippen molar-refractivity contribution in [3.05, 3.63) is 28.2 Å². The summed E-state index contributed by atoms with van der Waals surface area (Å²) in [5.41, 5.74) is 6.69. The van der Waals surface area contributed by atoms with E-state index in [1.165, 1.54) is 0 Å². The number of carbonyl (C=O) groups is 1. The molecule has 2 N–H and O–H groups in total. The highest BCUT2D eigenvalue weighted by Crippen LogP contribution is 2.26. The average molecular weight is 328 g/mol. The van der Waals surface area contributed by atoms with Crippen LogP contribution in [0.2, 0.25) is 0 Å². The molecule has 19 heavy (non-hydrogen) atoms. The number of para-hydroxylation sites is 1. The van der Waals surface area contributed by atoms with Crippen molar-refractivity contribution in [1.29, 1.82) is 0 Å². The molecule has 0 aliphatic carbocycles. The van der Waals surface area contributed by atoms with Gasteiger partial charge in [0.1, 0.15) is 6.10 Å². The molecule has 2 rings (SSSR count). The van der Waals surface area contributed by atoms with E-state index in [9.17, 15) is 4.79 Å². The fourth-order valence-electron chi connectivity index (χ4n) is 2.37. The summed E-state index contributed by atoms with van der Waals surface area (Å²) in [4.78, 5) is 12.1. The summed E-state index contributed by atoms with van der Waals surface area (Å²) in [6.45, 7) is 3.98. The van der Waals surface area contributed by atoms with Gasteiger partial charge in [0, 0.05) is 17.3 Å². The first kappa shape index (κ1) is 14.3. The minimum atomic E-state index is -0.370. The third kappa shape index (κ3) is 3.48. The molecule has 0 amide bonds. The third-order valence-corrected chi connectivity index (χ3v) is 3.89. The number of anilines is 1. The molecule has 1 saturated heterocycles. The van der Waals surface area contributed by atoms with Crippen molar-refractivity contribution in [2.75, 3.05) is 5.73 Å². The van der Waals surface area contributed by atoms with Crippen molar-refractivity contribution in [3.63, 3.8) is 0 Å². The normalized spacial score (nSPS) is 27.0. The Bertz CT molecular complexity index is 468. The van der Waals surface area contributed by atoms with Gasteiger partial charge in [-0.3, -0.25) is 0 Å². The highest BCUT2D eigenvalue weighted by atomic mass is 79.9. The second-order valence-corrected chi connectivity index (χ2v) is 5.81. The Kier molecular flexibility index (Phi) is 4.47. The topological polar surface area (TPSA) is 61.5 Å². The van der Waals surface area contributed by atoms with Crippen LogP contribution in [0.25, 0.3) is 0 Å². The molecule has 0 radical (unpaired) electrons. The maximum Gasteiger partial charge on any atom is 0.340 e. The van der Waals surface area contributed by atoms with Crippen LogP contribution in [0.4, 0.5) is 5.69 Å². The summed E-state index contributed by atoms with van der Waals surface area (Å²) in [7, 11) is 0. The van der Waals surface area contributed by atoms with Crippen molar-refractivity contribution >= 4 is 27.6 Å². The zero-order chi connectivity index (χ0) is 14.0. The van der Waals surface area contributed by atoms with E-state index in [1.54, 1.807) is 18.2 Å². The third-order valence-electron chi connectivity index (χ3n) is 3.20. The molecular formula is C14H18BrNO3. The monoisotopic (exact) mass is 327 g/mol. The van der Waals surface area contributed by atoms with Crippen molar-refractivity contribution < 1.29 is 14.3 Å². The SMILES string of the molecule is CC1CC(OC(=O)c2cccc(Br)c2N)CC(C)O1. The number of nitrogens with two attached hydrogens (primary N) is 1. The van der Waals surface area contributed by atoms with Crippen molar-refractivity contribution in [3.8, 4) is 0 Å². The number of hydrogen-bond donors (Lipinski definition) is 1. The largest absolute Gasteiger partial charge is 0.459 e. The fourth-order valence-corrected chi connectivity index (χ4v) is 2.74. The number of hydrogen-bond acceptors (Lipinski definition) is 4. The first-order valence-corrected chi connectivity index (χ1v) is 7.17. The number of rotatable bonds is 2. The zero-order valence-corrected chi connectivity index (χ0v) is 12.6. The maximum absolute atomic E-state index is 12.1. The number of halogens is 1. The van der Waals surface area contributed by atoms with Crippen LogP contribution in [0, 0.1) is 0 Å². The maximum atomic E-state index is 12.1. The summed E-state index contributed by atoms with van der Waals surface area (Å²) in [6, 6.07) is 5.24. The second kappa shape index (κ2) is 5.92. The Balaban J connectivity index is 2.06. The van der Waals surface area contributed by atoms with Gasteiger partial charge in [-0.05, 0) is 41.9 Å². The minimum Gasteiger partial charge on any atom is -0.459 e. The lowest BCUT2D eigenvalue weighted by atomic mass is 10.0. The smallest absolute Gasteiger partial charge is 0.340 e. The predicted molar refractivity (Wildman–Crippen MR) is 77.0 cm³/mol. The molecule has 1 aromatic carbocycles. The zero-order valence-electron chi connectivity index (χ0n) is 11.1. The first-order chi connectivity index (χ1) is 8.97. The lowest BCUT2D eigenvalue weighted by Crippen LogP contribution is -2.35. The molecule has 2 atom stereocenters. The van der Waals surface area contributed by atoms with Gasteiger partial charge >= 0.3 is 5.97 Å². The number of carbonyl (C=O) groups excluding carboxylic acids is 1. The number of esters is 1. The summed E-state index contributed by atoms with van der Waals surface area (Å²) >= 11 is 3.31. The standard InChI is InChI=1S/C14H18BrNO3/c1-8-6-10(7-9(2)18-8)19-14(17)11-4-3-5-12(15)13(11)16/h3-5,8-10H,6-7,16H2,1-2H3. The van der Waals surface area contributed by atoms with Gasteiger partial charge in [0.05, 0.1) is 23.5 Å². The molecule has 104 valence electrons. The molecule has 1 aliphatic rings. The molecule has 0 bridgehead atoms. The Morgan fingerprint density at radius 2 is 2.00 bits per heavy atom. The van der Waals surface area contributed by atoms with E-state index in [-0.39, 0.29) is 24.3 Å². The van der Waals surface area contributed by atoms with Crippen LogP contribution < -0.4 is 5.73 Å². The Labute approximate surface area is 121 Å². The highest BCUT2D eigenvalue weighted by Gasteiger charge is 2.28. The van der Waals surface area contributed by atoms with E-state index in [0.717, 1.165) is 12.8 Å². The predicted octanol–water partition coefficient (Wildman–Crippen LogP) is 3.14. The van der Waals surface area contributed by atoms with Crippen molar-refractivity contribution in [2.24, 2.45) is 0 Å². The molecule has 2 unspecified atom stereocenters. The lowest BCUT2D eigenvalue weighted by molar-refractivity contribution is -0.0855. The van der Waals surface area contributed by atoms with Crippen LogP contribution in [0.5, 0.6) is 0 Å². The van der Waals surface area contributed by atoms with Crippen molar-refractivity contribution in [2.45, 2.75) is 45.0 Å². The molecule has 1 heterocycles. The fraction of sp³-hybridized carbons (Fsp3) is 0.500. The van der Waals surface area contributed by atoms with Gasteiger partial charge in [-0.25, -0.2) is 4.79 Å². The van der Waals surface area contributed by atoms with E-state index in [2.05, 4.69) is 15.9 Å². The summed E-state index contributed by atoms with van der Waals surface area (Å²) in [5, 5.41) is 0. The van der Waals surface area contributed by atoms with Gasteiger partial charge in [0.2, 0.25) is 0 Å². The first-order valence-electron chi connectivity index (χ1n) is 6.37. The van der Waals surface area contributed by atoms with Gasteiger partial charge in [0.25, 0.3) is 0 Å². The van der Waals surface area contributed by atoms with Crippen LogP contribution in [0.3, 0.4) is 0 Å². The minimum absolute atomic E-state index is 0.107. The molecule has 0 saturated carbocycles. The van der Waals surface area contributed by atoms with E-state index in [1.807, 2.05) is 13.8 Å². The van der Waals surface area contributed by atoms with E-state index < -0.39 is 0 Å². The average Bonchev–Trinajstić information content (AvgIpc) is 2.31. The van der Waals surface area contributed by atoms with Crippen molar-refractivity contribution in [1.82, 2.24) is 0 Å². The number of ether oxygens (including phenoxy) is 2. The van der Waals surface area contributed by atoms with Crippen LogP contribution >= 0.6 is 15.9 Å². The Morgan fingerprint density at radius 3 is 2.63 bits per heavy atom. The van der Waals surface area contributed by atoms with Gasteiger partial charge in [0.15, 0.2) is 0 Å². The highest BCUT2D eigenvalue weighted by molar-refractivity contribution is 9.10. The van der Waals surface area contributed by atoms with Gasteiger partial charge < -0.3 is 15.2 Å². The Hall–Kier alpha value is -1.07. The summed E-state index contributed by atoms with van der Waals surface area (Å²) in [6.07, 6.45) is 1.57. The van der Waals surface area contributed by atoms with Crippen LogP contribution in [-0.2, 0) is 9.47 Å². The lowest BCUT2D eigenvalue weighted by Gasteiger charge is -2.31. The van der Waals surface area contributed by atoms with Gasteiger partial charge in [-0.15, -0.1) is 0 Å². The molecule has 1 aliphatic heterocycles. The summed E-state index contributed by atoms with van der Waals surface area (Å²) < 4.78 is 11.9. The van der Waals surface area contributed by atoms with E-state index in [0.29, 0.717) is 15.7 Å². The quantitative estimate of drug-likeness (QED) is 0.669. The van der Waals surface area contributed by atoms with Crippen LogP contribution in [-0.4, -0.2) is 24.3 Å². The molecule has 1 fully saturated rings. The summed E-state index contributed by atoms with van der Waals surface area (Å²) in [5.74, 6) is -0.370. The van der Waals surface area contributed by atoms with Crippen LogP contribution in [0.1, 0.15) is 37.0 Å². The Morgan fingerprint density at radius 1 is 1.37 bits per heavy atom. The second-order valence-electron chi connectivity index (χ2n) is 4.96. The van der Waals surface area contributed by atoms with E-state index in [4.69, 9.17) is 15.2 Å². The molecule has 1 aromatic rings. The van der Waals surface area contributed by atoms with E-state index >= 15 is 0 Å². The number of benzene rings is 1. The molecular weight excluding hydrogens is 310 g/mol. The van der Waals surface area contributed by atoms with Gasteiger partial charge in [-0.1, -0.05) is 6.07 Å². The molecule has 5 heteroatoms. The molecule has 0 aromatic heterocycles.